The summed E-state index contributed by atoms with van der Waals surface area (Å²) in [6, 6.07) is 10.8. The number of nitrogens with one attached hydrogen (secondary N) is 1. The fourth-order valence-electron chi connectivity index (χ4n) is 3.04. The maximum absolute atomic E-state index is 12.9. The highest BCUT2D eigenvalue weighted by molar-refractivity contribution is 7.92. The fraction of sp³-hybridized carbons (Fsp3) is 0.316. The number of ether oxygens (including phenoxy) is 1. The molecule has 0 aliphatic carbocycles. The van der Waals surface area contributed by atoms with Crippen LogP contribution < -0.4 is 9.46 Å². The van der Waals surface area contributed by atoms with Gasteiger partial charge in [0.05, 0.1) is 28.3 Å². The number of para-hydroxylation sites is 1. The van der Waals surface area contributed by atoms with E-state index in [9.17, 15) is 13.2 Å². The van der Waals surface area contributed by atoms with E-state index in [0.717, 1.165) is 19.3 Å². The van der Waals surface area contributed by atoms with Crippen molar-refractivity contribution < 1.29 is 17.9 Å². The topological polar surface area (TPSA) is 75.7 Å². The summed E-state index contributed by atoms with van der Waals surface area (Å²) in [4.78, 5) is 14.6. The third-order valence-electron chi connectivity index (χ3n) is 4.47. The molecular weight excluding hydrogens is 388 g/mol. The number of likely N-dealkylation sites (tertiary alicyclic amines) is 1. The first-order chi connectivity index (χ1) is 12.9. The molecule has 0 radical (unpaired) electrons. The molecule has 0 atom stereocenters. The minimum atomic E-state index is -3.91. The number of hydrogen-bond donors (Lipinski definition) is 1. The van der Waals surface area contributed by atoms with E-state index >= 15 is 0 Å². The molecule has 8 heteroatoms. The van der Waals surface area contributed by atoms with E-state index in [1.165, 1.54) is 25.3 Å². The van der Waals surface area contributed by atoms with Crippen LogP contribution >= 0.6 is 11.6 Å². The predicted octanol–water partition coefficient (Wildman–Crippen LogP) is 3.78. The molecule has 27 heavy (non-hydrogen) atoms. The number of hydrogen-bond acceptors (Lipinski definition) is 4. The van der Waals surface area contributed by atoms with Crippen molar-refractivity contribution in [1.29, 1.82) is 0 Å². The average molecular weight is 409 g/mol. The number of nitrogens with zero attached hydrogens (tertiary/aromatic N) is 1. The van der Waals surface area contributed by atoms with Crippen molar-refractivity contribution in [2.24, 2.45) is 0 Å². The van der Waals surface area contributed by atoms with Gasteiger partial charge >= 0.3 is 0 Å². The Hall–Kier alpha value is -2.25. The van der Waals surface area contributed by atoms with Gasteiger partial charge in [-0.25, -0.2) is 8.42 Å². The van der Waals surface area contributed by atoms with Crippen LogP contribution in [0.3, 0.4) is 0 Å². The third kappa shape index (κ3) is 4.36. The molecular formula is C19H21ClN2O4S. The van der Waals surface area contributed by atoms with E-state index in [2.05, 4.69) is 4.72 Å². The van der Waals surface area contributed by atoms with Gasteiger partial charge in [-0.2, -0.15) is 0 Å². The van der Waals surface area contributed by atoms with E-state index < -0.39 is 10.0 Å². The molecule has 1 aliphatic heterocycles. The number of rotatable bonds is 5. The lowest BCUT2D eigenvalue weighted by Gasteiger charge is -2.27. The van der Waals surface area contributed by atoms with E-state index in [0.29, 0.717) is 23.9 Å². The number of halogens is 1. The molecule has 2 aromatic rings. The van der Waals surface area contributed by atoms with Crippen molar-refractivity contribution in [2.75, 3.05) is 24.9 Å². The zero-order valence-corrected chi connectivity index (χ0v) is 16.5. The summed E-state index contributed by atoms with van der Waals surface area (Å²) in [5, 5.41) is 0.291. The molecule has 6 nitrogen and oxygen atoms in total. The van der Waals surface area contributed by atoms with E-state index in [1.54, 1.807) is 29.2 Å². The summed E-state index contributed by atoms with van der Waals surface area (Å²) in [7, 11) is -2.45. The summed E-state index contributed by atoms with van der Waals surface area (Å²) in [6.45, 7) is 1.33. The third-order valence-corrected chi connectivity index (χ3v) is 6.17. The Kier molecular flexibility index (Phi) is 5.92. The second-order valence-corrected chi connectivity index (χ2v) is 8.39. The molecule has 3 rings (SSSR count). The standard InChI is InChI=1S/C19H21ClN2O4S/c1-26-18-10-9-14(13-15(18)19(23)22-11-5-2-6-12-22)27(24,25)21-17-8-4-3-7-16(17)20/h3-4,7-10,13,21H,2,5-6,11-12H2,1H3. The maximum atomic E-state index is 12.9. The number of sulfonamides is 1. The number of methoxy groups -OCH3 is 1. The summed E-state index contributed by atoms with van der Waals surface area (Å²) < 4.78 is 33.3. The van der Waals surface area contributed by atoms with Gasteiger partial charge in [0.25, 0.3) is 15.9 Å². The minimum absolute atomic E-state index is 0.0245. The van der Waals surface area contributed by atoms with Gasteiger partial charge in [0.15, 0.2) is 0 Å². The number of carbonyl (C=O) groups excluding carboxylic acids is 1. The van der Waals surface area contributed by atoms with Gasteiger partial charge in [-0.1, -0.05) is 23.7 Å². The lowest BCUT2D eigenvalue weighted by Crippen LogP contribution is -2.35. The van der Waals surface area contributed by atoms with Crippen LogP contribution in [0.1, 0.15) is 29.6 Å². The Morgan fingerprint density at radius 3 is 2.48 bits per heavy atom. The Morgan fingerprint density at radius 2 is 1.81 bits per heavy atom. The first kappa shape index (κ1) is 19.5. The van der Waals surface area contributed by atoms with Gasteiger partial charge in [0.2, 0.25) is 0 Å². The lowest BCUT2D eigenvalue weighted by molar-refractivity contribution is 0.0720. The quantitative estimate of drug-likeness (QED) is 0.816. The van der Waals surface area contributed by atoms with Crippen LogP contribution in [0.4, 0.5) is 5.69 Å². The second-order valence-electron chi connectivity index (χ2n) is 6.30. The zero-order valence-electron chi connectivity index (χ0n) is 14.9. The van der Waals surface area contributed by atoms with Crippen LogP contribution in [0.25, 0.3) is 0 Å². The van der Waals surface area contributed by atoms with E-state index in [-0.39, 0.29) is 22.1 Å². The molecule has 0 spiro atoms. The van der Waals surface area contributed by atoms with Gasteiger partial charge in [-0.15, -0.1) is 0 Å². The first-order valence-electron chi connectivity index (χ1n) is 8.67. The predicted molar refractivity (Wildman–Crippen MR) is 105 cm³/mol. The molecule has 0 aromatic heterocycles. The van der Waals surface area contributed by atoms with Crippen molar-refractivity contribution in [3.63, 3.8) is 0 Å². The average Bonchev–Trinajstić information content (AvgIpc) is 2.69. The second kappa shape index (κ2) is 8.19. The van der Waals surface area contributed by atoms with Crippen LogP contribution in [-0.2, 0) is 10.0 Å². The Labute approximate surface area is 164 Å². The lowest BCUT2D eigenvalue weighted by atomic mass is 10.1. The van der Waals surface area contributed by atoms with Gasteiger partial charge in [-0.05, 0) is 49.6 Å². The molecule has 1 fully saturated rings. The SMILES string of the molecule is COc1ccc(S(=O)(=O)Nc2ccccc2Cl)cc1C(=O)N1CCCCC1. The van der Waals surface area contributed by atoms with Crippen LogP contribution in [0.15, 0.2) is 47.4 Å². The highest BCUT2D eigenvalue weighted by atomic mass is 35.5. The minimum Gasteiger partial charge on any atom is -0.496 e. The molecule has 0 saturated carbocycles. The summed E-state index contributed by atoms with van der Waals surface area (Å²) in [5.74, 6) is 0.128. The van der Waals surface area contributed by atoms with Crippen LogP contribution in [0.5, 0.6) is 5.75 Å². The Bertz CT molecular complexity index is 940. The normalized spacial score (nSPS) is 14.7. The molecule has 1 aliphatic rings. The first-order valence-corrected chi connectivity index (χ1v) is 10.5. The van der Waals surface area contributed by atoms with E-state index in [4.69, 9.17) is 16.3 Å². The largest absolute Gasteiger partial charge is 0.496 e. The summed E-state index contributed by atoms with van der Waals surface area (Å²) in [5.41, 5.74) is 0.514. The molecule has 1 N–H and O–H groups in total. The molecule has 144 valence electrons. The highest BCUT2D eigenvalue weighted by Crippen LogP contribution is 2.28. The summed E-state index contributed by atoms with van der Waals surface area (Å²) >= 11 is 6.04. The molecule has 1 saturated heterocycles. The smallest absolute Gasteiger partial charge is 0.261 e. The Balaban J connectivity index is 1.94. The van der Waals surface area contributed by atoms with Gasteiger partial charge in [0.1, 0.15) is 5.75 Å². The molecule has 2 aromatic carbocycles. The van der Waals surface area contributed by atoms with Gasteiger partial charge in [0, 0.05) is 13.1 Å². The maximum Gasteiger partial charge on any atom is 0.261 e. The number of amides is 1. The highest BCUT2D eigenvalue weighted by Gasteiger charge is 2.24. The fourth-order valence-corrected chi connectivity index (χ4v) is 4.38. The van der Waals surface area contributed by atoms with Crippen molar-refractivity contribution >= 4 is 33.2 Å². The van der Waals surface area contributed by atoms with Crippen molar-refractivity contribution in [3.05, 3.63) is 53.1 Å². The number of piperidine rings is 1. The van der Waals surface area contributed by atoms with Crippen LogP contribution in [0, 0.1) is 0 Å². The molecule has 0 bridgehead atoms. The van der Waals surface area contributed by atoms with Gasteiger partial charge in [-0.3, -0.25) is 9.52 Å². The zero-order chi connectivity index (χ0) is 19.4. The number of carbonyl (C=O) groups is 1. The molecule has 1 heterocycles. The monoisotopic (exact) mass is 408 g/mol. The van der Waals surface area contributed by atoms with Gasteiger partial charge < -0.3 is 9.64 Å². The van der Waals surface area contributed by atoms with Crippen molar-refractivity contribution in [2.45, 2.75) is 24.2 Å². The van der Waals surface area contributed by atoms with E-state index in [1.807, 2.05) is 0 Å². The number of benzene rings is 2. The Morgan fingerprint density at radius 1 is 1.11 bits per heavy atom. The van der Waals surface area contributed by atoms with Crippen LogP contribution in [0.2, 0.25) is 5.02 Å². The number of anilines is 1. The van der Waals surface area contributed by atoms with Crippen LogP contribution in [-0.4, -0.2) is 39.4 Å². The van der Waals surface area contributed by atoms with Crippen molar-refractivity contribution in [1.82, 2.24) is 4.90 Å². The molecule has 0 unspecified atom stereocenters. The summed E-state index contributed by atoms with van der Waals surface area (Å²) in [6.07, 6.45) is 2.98. The van der Waals surface area contributed by atoms with Crippen molar-refractivity contribution in [3.8, 4) is 5.75 Å². The molecule has 1 amide bonds.